The van der Waals surface area contributed by atoms with Crippen LogP contribution in [0.1, 0.15) is 22.8 Å². The predicted molar refractivity (Wildman–Crippen MR) is 82.4 cm³/mol. The number of esters is 1. The topological polar surface area (TPSA) is 51.2 Å². The van der Waals surface area contributed by atoms with E-state index in [0.717, 1.165) is 15.7 Å². The van der Waals surface area contributed by atoms with Gasteiger partial charge in [0.1, 0.15) is 5.82 Å². The van der Waals surface area contributed by atoms with Crippen molar-refractivity contribution in [2.75, 3.05) is 11.9 Å². The Hall–Kier alpha value is -1.88. The molecule has 1 heterocycles. The largest absolute Gasteiger partial charge is 0.462 e. The van der Waals surface area contributed by atoms with E-state index in [1.165, 1.54) is 6.20 Å². The molecule has 1 aromatic heterocycles. The van der Waals surface area contributed by atoms with Crippen LogP contribution >= 0.6 is 15.9 Å². The molecule has 1 aromatic carbocycles. The Morgan fingerprint density at radius 1 is 1.35 bits per heavy atom. The highest BCUT2D eigenvalue weighted by Crippen LogP contribution is 2.26. The number of hydrogen-bond donors (Lipinski definition) is 1. The maximum absolute atomic E-state index is 11.5. The molecule has 0 aliphatic rings. The van der Waals surface area contributed by atoms with Crippen molar-refractivity contribution in [1.82, 2.24) is 4.98 Å². The molecular formula is C15H15BrN2O2. The molecule has 0 saturated heterocycles. The number of aryl methyl sites for hydroxylation is 1. The van der Waals surface area contributed by atoms with Gasteiger partial charge in [0.2, 0.25) is 0 Å². The number of anilines is 2. The number of carbonyl (C=O) groups excluding carboxylic acids is 1. The molecule has 0 aliphatic carbocycles. The molecule has 2 rings (SSSR count). The summed E-state index contributed by atoms with van der Waals surface area (Å²) in [7, 11) is 0. The van der Waals surface area contributed by atoms with E-state index in [1.54, 1.807) is 19.1 Å². The summed E-state index contributed by atoms with van der Waals surface area (Å²) in [4.78, 5) is 15.7. The highest BCUT2D eigenvalue weighted by molar-refractivity contribution is 9.10. The Bertz CT molecular complexity index is 612. The first-order valence-corrected chi connectivity index (χ1v) is 7.06. The first-order chi connectivity index (χ1) is 9.60. The molecule has 0 radical (unpaired) electrons. The molecule has 0 fully saturated rings. The number of benzene rings is 1. The molecule has 0 spiro atoms. The van der Waals surface area contributed by atoms with Crippen molar-refractivity contribution in [2.24, 2.45) is 0 Å². The lowest BCUT2D eigenvalue weighted by atomic mass is 10.2. The van der Waals surface area contributed by atoms with Crippen molar-refractivity contribution >= 4 is 33.4 Å². The van der Waals surface area contributed by atoms with Crippen LogP contribution in [0.3, 0.4) is 0 Å². The number of rotatable bonds is 4. The summed E-state index contributed by atoms with van der Waals surface area (Å²) in [6.45, 7) is 4.15. The Morgan fingerprint density at radius 2 is 2.15 bits per heavy atom. The zero-order valence-corrected chi connectivity index (χ0v) is 12.9. The highest BCUT2D eigenvalue weighted by atomic mass is 79.9. The van der Waals surface area contributed by atoms with Gasteiger partial charge in [0, 0.05) is 10.7 Å². The standard InChI is InChI=1S/C15H15BrN2O2/c1-3-20-15(19)11-5-7-14(17-9-11)18-13-8-10(2)4-6-12(13)16/h4-9H,3H2,1-2H3,(H,17,18). The minimum absolute atomic E-state index is 0.356. The van der Waals surface area contributed by atoms with Crippen LogP contribution in [0.4, 0.5) is 11.5 Å². The van der Waals surface area contributed by atoms with Gasteiger partial charge in [0.15, 0.2) is 0 Å². The Morgan fingerprint density at radius 3 is 2.80 bits per heavy atom. The third kappa shape index (κ3) is 3.57. The number of hydrogen-bond acceptors (Lipinski definition) is 4. The lowest BCUT2D eigenvalue weighted by molar-refractivity contribution is 0.0526. The minimum atomic E-state index is -0.358. The zero-order chi connectivity index (χ0) is 14.5. The van der Waals surface area contributed by atoms with E-state index in [1.807, 2.05) is 25.1 Å². The molecule has 1 N–H and O–H groups in total. The smallest absolute Gasteiger partial charge is 0.339 e. The van der Waals surface area contributed by atoms with Crippen molar-refractivity contribution in [3.05, 3.63) is 52.1 Å². The van der Waals surface area contributed by atoms with Crippen LogP contribution in [0.5, 0.6) is 0 Å². The number of pyridine rings is 1. The summed E-state index contributed by atoms with van der Waals surface area (Å²) in [6, 6.07) is 9.46. The third-order valence-electron chi connectivity index (χ3n) is 2.66. The van der Waals surface area contributed by atoms with Crippen molar-refractivity contribution in [3.63, 3.8) is 0 Å². The minimum Gasteiger partial charge on any atom is -0.462 e. The number of carbonyl (C=O) groups is 1. The average Bonchev–Trinajstić information content (AvgIpc) is 2.44. The first kappa shape index (κ1) is 14.5. The summed E-state index contributed by atoms with van der Waals surface area (Å²) in [5, 5.41) is 3.20. The fraction of sp³-hybridized carbons (Fsp3) is 0.200. The second kappa shape index (κ2) is 6.52. The number of nitrogens with one attached hydrogen (secondary N) is 1. The van der Waals surface area contributed by atoms with Crippen LogP contribution in [-0.2, 0) is 4.74 Å². The molecule has 2 aromatic rings. The van der Waals surface area contributed by atoms with Crippen molar-refractivity contribution in [3.8, 4) is 0 Å². The van der Waals surface area contributed by atoms with Crippen LogP contribution in [0.15, 0.2) is 41.0 Å². The van der Waals surface area contributed by atoms with E-state index in [0.29, 0.717) is 18.0 Å². The summed E-state index contributed by atoms with van der Waals surface area (Å²) in [5.41, 5.74) is 2.53. The second-order valence-corrected chi connectivity index (χ2v) is 5.12. The predicted octanol–water partition coefficient (Wildman–Crippen LogP) is 4.07. The molecule has 4 nitrogen and oxygen atoms in total. The Balaban J connectivity index is 2.14. The third-order valence-corrected chi connectivity index (χ3v) is 3.35. The van der Waals surface area contributed by atoms with Gasteiger partial charge >= 0.3 is 5.97 Å². The first-order valence-electron chi connectivity index (χ1n) is 6.26. The van der Waals surface area contributed by atoms with Gasteiger partial charge < -0.3 is 10.1 Å². The molecule has 104 valence electrons. The lowest BCUT2D eigenvalue weighted by Gasteiger charge is -2.09. The zero-order valence-electron chi connectivity index (χ0n) is 11.3. The summed E-state index contributed by atoms with van der Waals surface area (Å²) < 4.78 is 5.87. The van der Waals surface area contributed by atoms with Crippen LogP contribution in [0.2, 0.25) is 0 Å². The van der Waals surface area contributed by atoms with Gasteiger partial charge in [-0.2, -0.15) is 0 Å². The van der Waals surface area contributed by atoms with E-state index in [4.69, 9.17) is 4.74 Å². The van der Waals surface area contributed by atoms with Gasteiger partial charge in [0.25, 0.3) is 0 Å². The maximum Gasteiger partial charge on any atom is 0.339 e. The Kier molecular flexibility index (Phi) is 4.74. The SMILES string of the molecule is CCOC(=O)c1ccc(Nc2cc(C)ccc2Br)nc1. The summed E-state index contributed by atoms with van der Waals surface area (Å²) in [5.74, 6) is 0.313. The molecule has 0 aliphatic heterocycles. The van der Waals surface area contributed by atoms with Crippen molar-refractivity contribution in [1.29, 1.82) is 0 Å². The van der Waals surface area contributed by atoms with E-state index in [9.17, 15) is 4.79 Å². The van der Waals surface area contributed by atoms with E-state index < -0.39 is 0 Å². The van der Waals surface area contributed by atoms with Gasteiger partial charge in [-0.3, -0.25) is 0 Å². The van der Waals surface area contributed by atoms with Crippen molar-refractivity contribution < 1.29 is 9.53 Å². The quantitative estimate of drug-likeness (QED) is 0.856. The van der Waals surface area contributed by atoms with Gasteiger partial charge in [-0.25, -0.2) is 9.78 Å². The van der Waals surface area contributed by atoms with Gasteiger partial charge in [-0.15, -0.1) is 0 Å². The molecule has 0 amide bonds. The fourth-order valence-electron chi connectivity index (χ4n) is 1.68. The molecule has 0 saturated carbocycles. The van der Waals surface area contributed by atoms with Crippen LogP contribution in [0.25, 0.3) is 0 Å². The van der Waals surface area contributed by atoms with E-state index >= 15 is 0 Å². The summed E-state index contributed by atoms with van der Waals surface area (Å²) in [6.07, 6.45) is 1.50. The van der Waals surface area contributed by atoms with E-state index in [2.05, 4.69) is 26.2 Å². The summed E-state index contributed by atoms with van der Waals surface area (Å²) >= 11 is 3.48. The van der Waals surface area contributed by atoms with Crippen molar-refractivity contribution in [2.45, 2.75) is 13.8 Å². The molecule has 0 atom stereocenters. The maximum atomic E-state index is 11.5. The van der Waals surface area contributed by atoms with Crippen LogP contribution < -0.4 is 5.32 Å². The Labute approximate surface area is 126 Å². The van der Waals surface area contributed by atoms with Crippen LogP contribution in [-0.4, -0.2) is 17.6 Å². The molecule has 0 unspecified atom stereocenters. The monoisotopic (exact) mass is 334 g/mol. The van der Waals surface area contributed by atoms with Crippen LogP contribution in [0, 0.1) is 6.92 Å². The number of aromatic nitrogens is 1. The number of nitrogens with zero attached hydrogens (tertiary/aromatic N) is 1. The van der Waals surface area contributed by atoms with E-state index in [-0.39, 0.29) is 5.97 Å². The van der Waals surface area contributed by atoms with Gasteiger partial charge in [0.05, 0.1) is 17.9 Å². The average molecular weight is 335 g/mol. The lowest BCUT2D eigenvalue weighted by Crippen LogP contribution is -2.05. The molecule has 20 heavy (non-hydrogen) atoms. The second-order valence-electron chi connectivity index (χ2n) is 4.26. The molecule has 0 bridgehead atoms. The fourth-order valence-corrected chi connectivity index (χ4v) is 2.02. The molecular weight excluding hydrogens is 320 g/mol. The van der Waals surface area contributed by atoms with Gasteiger partial charge in [-0.1, -0.05) is 6.07 Å². The highest BCUT2D eigenvalue weighted by Gasteiger charge is 2.07. The normalized spacial score (nSPS) is 10.2. The van der Waals surface area contributed by atoms with Gasteiger partial charge in [-0.05, 0) is 59.6 Å². The number of halogens is 1. The number of ether oxygens (including phenoxy) is 1. The molecule has 5 heteroatoms.